The minimum Gasteiger partial charge on any atom is -0.491 e. The zero-order valence-electron chi connectivity index (χ0n) is 21.2. The van der Waals surface area contributed by atoms with Gasteiger partial charge < -0.3 is 9.72 Å². The lowest BCUT2D eigenvalue weighted by atomic mass is 10.0. The van der Waals surface area contributed by atoms with Gasteiger partial charge in [-0.25, -0.2) is 9.37 Å². The Morgan fingerprint density at radius 3 is 2.69 bits per heavy atom. The van der Waals surface area contributed by atoms with Crippen LogP contribution in [0.1, 0.15) is 12.8 Å². The summed E-state index contributed by atoms with van der Waals surface area (Å²) in [7, 11) is 0. The minimum absolute atomic E-state index is 0.286. The number of benzene rings is 1. The van der Waals surface area contributed by atoms with Crippen LogP contribution in [0.25, 0.3) is 55.7 Å². The highest BCUT2D eigenvalue weighted by molar-refractivity contribution is 6.00. The molecule has 194 valence electrons. The van der Waals surface area contributed by atoms with Gasteiger partial charge in [0.15, 0.2) is 0 Å². The van der Waals surface area contributed by atoms with Gasteiger partial charge in [-0.3, -0.25) is 20.0 Å². The van der Waals surface area contributed by atoms with Crippen LogP contribution >= 0.6 is 0 Å². The molecule has 0 amide bonds. The van der Waals surface area contributed by atoms with Gasteiger partial charge in [0.25, 0.3) is 0 Å². The number of pyridine rings is 3. The van der Waals surface area contributed by atoms with E-state index in [1.807, 2.05) is 30.3 Å². The van der Waals surface area contributed by atoms with Gasteiger partial charge in [-0.15, -0.1) is 0 Å². The van der Waals surface area contributed by atoms with Gasteiger partial charge >= 0.3 is 0 Å². The zero-order chi connectivity index (χ0) is 26.2. The molecule has 1 aliphatic rings. The number of fused-ring (bicyclic) bond motifs is 2. The molecule has 0 radical (unpaired) electrons. The van der Waals surface area contributed by atoms with E-state index in [0.29, 0.717) is 12.3 Å². The lowest BCUT2D eigenvalue weighted by Crippen LogP contribution is -2.25. The molecule has 0 aliphatic carbocycles. The molecular weight excluding hydrogens is 493 g/mol. The number of nitrogens with zero attached hydrogens (tertiary/aromatic N) is 5. The molecule has 1 aromatic carbocycles. The van der Waals surface area contributed by atoms with Gasteiger partial charge in [0.05, 0.1) is 34.8 Å². The summed E-state index contributed by atoms with van der Waals surface area (Å²) in [5.74, 6) is 0.444. The van der Waals surface area contributed by atoms with Crippen LogP contribution in [-0.4, -0.2) is 61.3 Å². The topological polar surface area (TPSA) is 95.6 Å². The third-order valence-electron chi connectivity index (χ3n) is 7.23. The smallest absolute Gasteiger partial charge is 0.138 e. The second-order valence-corrected chi connectivity index (χ2v) is 9.81. The summed E-state index contributed by atoms with van der Waals surface area (Å²) in [6.07, 6.45) is 9.58. The van der Waals surface area contributed by atoms with Crippen molar-refractivity contribution in [2.45, 2.75) is 12.8 Å². The second-order valence-electron chi connectivity index (χ2n) is 9.81. The van der Waals surface area contributed by atoms with Crippen molar-refractivity contribution in [2.24, 2.45) is 0 Å². The fraction of sp³-hybridized carbons (Fsp3) is 0.200. The number of rotatable bonds is 7. The van der Waals surface area contributed by atoms with Crippen LogP contribution in [0.15, 0.2) is 73.3 Å². The quantitative estimate of drug-likeness (QED) is 0.275. The number of hydrogen-bond donors (Lipinski definition) is 2. The Labute approximate surface area is 223 Å². The molecule has 1 fully saturated rings. The van der Waals surface area contributed by atoms with Crippen molar-refractivity contribution < 1.29 is 9.13 Å². The van der Waals surface area contributed by atoms with Crippen LogP contribution in [0.4, 0.5) is 4.39 Å². The van der Waals surface area contributed by atoms with Crippen molar-refractivity contribution in [3.63, 3.8) is 0 Å². The Kier molecular flexibility index (Phi) is 5.97. The maximum absolute atomic E-state index is 13.9. The van der Waals surface area contributed by atoms with Crippen molar-refractivity contribution >= 4 is 21.9 Å². The average Bonchev–Trinajstić information content (AvgIpc) is 3.72. The van der Waals surface area contributed by atoms with Gasteiger partial charge in [0.2, 0.25) is 0 Å². The molecule has 0 unspecified atom stereocenters. The van der Waals surface area contributed by atoms with E-state index in [0.717, 1.165) is 75.4 Å². The van der Waals surface area contributed by atoms with Crippen molar-refractivity contribution in [1.82, 2.24) is 35.0 Å². The molecule has 7 rings (SSSR count). The number of H-pyrrole nitrogens is 2. The lowest BCUT2D eigenvalue weighted by molar-refractivity contribution is 0.237. The highest BCUT2D eigenvalue weighted by Gasteiger charge is 2.16. The number of aromatic amines is 2. The van der Waals surface area contributed by atoms with E-state index < -0.39 is 0 Å². The normalized spacial score (nSPS) is 14.0. The van der Waals surface area contributed by atoms with E-state index in [9.17, 15) is 4.39 Å². The van der Waals surface area contributed by atoms with Crippen LogP contribution in [0.5, 0.6) is 5.75 Å². The van der Waals surface area contributed by atoms with Crippen LogP contribution in [0, 0.1) is 5.82 Å². The predicted molar refractivity (Wildman–Crippen MR) is 149 cm³/mol. The highest BCUT2D eigenvalue weighted by atomic mass is 19.1. The number of ether oxygens (including phenoxy) is 1. The summed E-state index contributed by atoms with van der Waals surface area (Å²) in [6.45, 7) is 3.86. The molecular formula is C30H26FN7O. The maximum atomic E-state index is 13.9. The molecule has 1 aliphatic heterocycles. The van der Waals surface area contributed by atoms with Gasteiger partial charge in [-0.2, -0.15) is 5.10 Å². The Morgan fingerprint density at radius 2 is 1.79 bits per heavy atom. The van der Waals surface area contributed by atoms with E-state index in [-0.39, 0.29) is 5.82 Å². The fourth-order valence-electron chi connectivity index (χ4n) is 5.25. The predicted octanol–water partition coefficient (Wildman–Crippen LogP) is 5.84. The van der Waals surface area contributed by atoms with Crippen molar-refractivity contribution in [3.8, 4) is 39.5 Å². The van der Waals surface area contributed by atoms with Gasteiger partial charge in [0.1, 0.15) is 29.4 Å². The number of nitrogens with one attached hydrogen (secondary N) is 2. The molecule has 5 aromatic heterocycles. The Hall–Kier alpha value is -4.63. The molecule has 6 heterocycles. The molecule has 2 N–H and O–H groups in total. The van der Waals surface area contributed by atoms with Crippen molar-refractivity contribution in [2.75, 3.05) is 26.2 Å². The number of hydrogen-bond acceptors (Lipinski definition) is 6. The van der Waals surface area contributed by atoms with Gasteiger partial charge in [-0.1, -0.05) is 12.1 Å². The summed E-state index contributed by atoms with van der Waals surface area (Å²) in [6, 6.07) is 14.4. The first-order valence-corrected chi connectivity index (χ1v) is 13.1. The molecule has 0 spiro atoms. The summed E-state index contributed by atoms with van der Waals surface area (Å²) in [5.41, 5.74) is 7.14. The number of likely N-dealkylation sites (tertiary alicyclic amines) is 1. The summed E-state index contributed by atoms with van der Waals surface area (Å²) in [5, 5.41) is 8.58. The largest absolute Gasteiger partial charge is 0.491 e. The SMILES string of the molecule is Fc1cccc(-c2cncc3[nH]c(-c4n[nH]c5ccc(-c6cncc(OCCN7CCCC7)c6)nc45)cc23)c1. The molecule has 39 heavy (non-hydrogen) atoms. The first kappa shape index (κ1) is 23.5. The third-order valence-corrected chi connectivity index (χ3v) is 7.23. The molecule has 1 saturated heterocycles. The van der Waals surface area contributed by atoms with Crippen molar-refractivity contribution in [1.29, 1.82) is 0 Å². The number of halogens is 1. The highest BCUT2D eigenvalue weighted by Crippen LogP contribution is 2.34. The van der Waals surface area contributed by atoms with Crippen LogP contribution < -0.4 is 4.74 Å². The molecule has 0 bridgehead atoms. The Morgan fingerprint density at radius 1 is 0.897 bits per heavy atom. The van der Waals surface area contributed by atoms with Crippen molar-refractivity contribution in [3.05, 3.63) is 79.1 Å². The van der Waals surface area contributed by atoms with E-state index in [2.05, 4.69) is 30.0 Å². The summed E-state index contributed by atoms with van der Waals surface area (Å²) in [4.78, 5) is 19.5. The summed E-state index contributed by atoms with van der Waals surface area (Å²) < 4.78 is 19.9. The maximum Gasteiger partial charge on any atom is 0.138 e. The summed E-state index contributed by atoms with van der Waals surface area (Å²) >= 11 is 0. The third kappa shape index (κ3) is 4.61. The van der Waals surface area contributed by atoms with Gasteiger partial charge in [-0.05, 0) is 67.9 Å². The molecule has 9 heteroatoms. The lowest BCUT2D eigenvalue weighted by Gasteiger charge is -2.15. The monoisotopic (exact) mass is 519 g/mol. The molecule has 0 saturated carbocycles. The minimum atomic E-state index is -0.286. The zero-order valence-corrected chi connectivity index (χ0v) is 21.2. The molecule has 8 nitrogen and oxygen atoms in total. The first-order chi connectivity index (χ1) is 19.2. The standard InChI is InChI=1S/C30H26FN7O/c31-21-5-3-4-19(12-21)24-17-33-18-28-23(24)14-27(34-28)30-29-26(36-37-30)7-6-25(35-29)20-13-22(16-32-15-20)39-11-10-38-8-1-2-9-38/h3-7,12-18,34H,1-2,8-11H2,(H,36,37). The van der Waals surface area contributed by atoms with Crippen LogP contribution in [0.2, 0.25) is 0 Å². The molecule has 6 aromatic rings. The molecule has 0 atom stereocenters. The van der Waals surface area contributed by atoms with Crippen LogP contribution in [0.3, 0.4) is 0 Å². The first-order valence-electron chi connectivity index (χ1n) is 13.1. The number of aromatic nitrogens is 6. The van der Waals surface area contributed by atoms with E-state index in [1.165, 1.54) is 25.0 Å². The fourth-order valence-corrected chi connectivity index (χ4v) is 5.25. The second kappa shape index (κ2) is 9.92. The van der Waals surface area contributed by atoms with E-state index >= 15 is 0 Å². The average molecular weight is 520 g/mol. The Bertz CT molecular complexity index is 1790. The van der Waals surface area contributed by atoms with E-state index in [4.69, 9.17) is 9.72 Å². The Balaban J connectivity index is 1.20. The van der Waals surface area contributed by atoms with E-state index in [1.54, 1.807) is 30.9 Å². The van der Waals surface area contributed by atoms with Gasteiger partial charge in [0, 0.05) is 35.5 Å². The van der Waals surface area contributed by atoms with Crippen LogP contribution in [-0.2, 0) is 0 Å².